The predicted octanol–water partition coefficient (Wildman–Crippen LogP) is 1.36. The van der Waals surface area contributed by atoms with E-state index in [2.05, 4.69) is 10.3 Å². The molecule has 1 atom stereocenters. The summed E-state index contributed by atoms with van der Waals surface area (Å²) in [5.74, 6) is -1.15. The van der Waals surface area contributed by atoms with Gasteiger partial charge in [-0.15, -0.1) is 5.10 Å². The Morgan fingerprint density at radius 1 is 1.39 bits per heavy atom. The number of carboxylic acid groups (broad SMARTS) is 1. The second-order valence-electron chi connectivity index (χ2n) is 3.70. The molecule has 2 N–H and O–H groups in total. The summed E-state index contributed by atoms with van der Waals surface area (Å²) in [6.45, 7) is 0.127. The molecular formula is C11H10ClN3O3. The van der Waals surface area contributed by atoms with E-state index in [-0.39, 0.29) is 12.2 Å². The van der Waals surface area contributed by atoms with Crippen molar-refractivity contribution in [1.82, 2.24) is 15.0 Å². The number of hydrogen-bond donors (Lipinski definition) is 2. The first-order chi connectivity index (χ1) is 8.56. The molecule has 2 aromatic rings. The molecule has 1 aromatic heterocycles. The van der Waals surface area contributed by atoms with Gasteiger partial charge in [-0.05, 0) is 17.7 Å². The highest BCUT2D eigenvalue weighted by Crippen LogP contribution is 2.17. The fraction of sp³-hybridized carbons (Fsp3) is 0.182. The molecular weight excluding hydrogens is 258 g/mol. The molecule has 1 aromatic carbocycles. The lowest BCUT2D eigenvalue weighted by Crippen LogP contribution is -2.09. The van der Waals surface area contributed by atoms with Crippen LogP contribution in [0.25, 0.3) is 0 Å². The van der Waals surface area contributed by atoms with E-state index in [9.17, 15) is 9.90 Å². The molecule has 94 valence electrons. The van der Waals surface area contributed by atoms with Crippen LogP contribution in [0.5, 0.6) is 0 Å². The standard InChI is InChI=1S/C11H10ClN3O3/c12-8-3-1-7(2-4-8)10(16)6-15-5-9(11(17)18)13-14-15/h1-5,10,16H,6H2,(H,17,18). The predicted molar refractivity (Wildman–Crippen MR) is 63.4 cm³/mol. The number of nitrogens with zero attached hydrogens (tertiary/aromatic N) is 3. The quantitative estimate of drug-likeness (QED) is 0.873. The van der Waals surface area contributed by atoms with Gasteiger partial charge in [0.1, 0.15) is 0 Å². The average molecular weight is 268 g/mol. The molecule has 2 rings (SSSR count). The molecule has 7 heteroatoms. The van der Waals surface area contributed by atoms with Gasteiger partial charge in [0.25, 0.3) is 0 Å². The van der Waals surface area contributed by atoms with Gasteiger partial charge in [0.05, 0.1) is 18.8 Å². The molecule has 0 saturated heterocycles. The Morgan fingerprint density at radius 3 is 2.61 bits per heavy atom. The van der Waals surface area contributed by atoms with Crippen molar-refractivity contribution in [3.05, 3.63) is 46.7 Å². The topological polar surface area (TPSA) is 88.2 Å². The summed E-state index contributed by atoms with van der Waals surface area (Å²) in [5, 5.41) is 26.3. The van der Waals surface area contributed by atoms with Crippen LogP contribution < -0.4 is 0 Å². The summed E-state index contributed by atoms with van der Waals surface area (Å²) in [5.41, 5.74) is 0.519. The molecule has 1 unspecified atom stereocenters. The fourth-order valence-electron chi connectivity index (χ4n) is 1.45. The molecule has 0 amide bonds. The van der Waals surface area contributed by atoms with Crippen molar-refractivity contribution in [3.63, 3.8) is 0 Å². The van der Waals surface area contributed by atoms with Gasteiger partial charge in [-0.1, -0.05) is 28.9 Å². The second kappa shape index (κ2) is 5.16. The normalized spacial score (nSPS) is 12.3. The lowest BCUT2D eigenvalue weighted by atomic mass is 10.1. The van der Waals surface area contributed by atoms with E-state index in [0.29, 0.717) is 10.6 Å². The largest absolute Gasteiger partial charge is 0.476 e. The molecule has 0 aliphatic carbocycles. The zero-order valence-electron chi connectivity index (χ0n) is 9.19. The molecule has 0 bridgehead atoms. The average Bonchev–Trinajstić information content (AvgIpc) is 2.78. The zero-order valence-corrected chi connectivity index (χ0v) is 9.95. The van der Waals surface area contributed by atoms with Crippen molar-refractivity contribution in [2.24, 2.45) is 0 Å². The molecule has 0 aliphatic rings. The van der Waals surface area contributed by atoms with Gasteiger partial charge < -0.3 is 10.2 Å². The number of aromatic carboxylic acids is 1. The fourth-order valence-corrected chi connectivity index (χ4v) is 1.58. The van der Waals surface area contributed by atoms with Crippen LogP contribution >= 0.6 is 11.6 Å². The molecule has 18 heavy (non-hydrogen) atoms. The highest BCUT2D eigenvalue weighted by Gasteiger charge is 2.12. The van der Waals surface area contributed by atoms with Crippen molar-refractivity contribution in [1.29, 1.82) is 0 Å². The van der Waals surface area contributed by atoms with E-state index in [0.717, 1.165) is 0 Å². The number of aliphatic hydroxyl groups excluding tert-OH is 1. The SMILES string of the molecule is O=C(O)c1cn(CC(O)c2ccc(Cl)cc2)nn1. The highest BCUT2D eigenvalue weighted by molar-refractivity contribution is 6.30. The zero-order chi connectivity index (χ0) is 13.1. The van der Waals surface area contributed by atoms with Crippen LogP contribution in [0.4, 0.5) is 0 Å². The smallest absolute Gasteiger partial charge is 0.358 e. The van der Waals surface area contributed by atoms with Crippen LogP contribution in [0.2, 0.25) is 5.02 Å². The third kappa shape index (κ3) is 2.85. The molecule has 0 saturated carbocycles. The second-order valence-corrected chi connectivity index (χ2v) is 4.13. The van der Waals surface area contributed by atoms with Crippen molar-refractivity contribution in [2.75, 3.05) is 0 Å². The van der Waals surface area contributed by atoms with Crippen LogP contribution in [0.3, 0.4) is 0 Å². The molecule has 0 aliphatic heterocycles. The molecule has 6 nitrogen and oxygen atoms in total. The van der Waals surface area contributed by atoms with Gasteiger partial charge in [-0.2, -0.15) is 0 Å². The van der Waals surface area contributed by atoms with Crippen LogP contribution in [0.1, 0.15) is 22.2 Å². The highest BCUT2D eigenvalue weighted by atomic mass is 35.5. The third-order valence-corrected chi connectivity index (χ3v) is 2.62. The number of aromatic nitrogens is 3. The molecule has 0 radical (unpaired) electrons. The Bertz CT molecular complexity index is 553. The first-order valence-electron chi connectivity index (χ1n) is 5.13. The van der Waals surface area contributed by atoms with Gasteiger partial charge >= 0.3 is 5.97 Å². The Labute approximate surface area is 107 Å². The van der Waals surface area contributed by atoms with Crippen LogP contribution in [-0.2, 0) is 6.54 Å². The monoisotopic (exact) mass is 267 g/mol. The lowest BCUT2D eigenvalue weighted by molar-refractivity contribution is 0.0690. The van der Waals surface area contributed by atoms with E-state index in [1.165, 1.54) is 10.9 Å². The Hall–Kier alpha value is -1.92. The van der Waals surface area contributed by atoms with E-state index in [1.807, 2.05) is 0 Å². The minimum Gasteiger partial charge on any atom is -0.476 e. The number of carbonyl (C=O) groups is 1. The first-order valence-corrected chi connectivity index (χ1v) is 5.51. The van der Waals surface area contributed by atoms with Gasteiger partial charge in [-0.25, -0.2) is 9.48 Å². The molecule has 1 heterocycles. The van der Waals surface area contributed by atoms with Crippen molar-refractivity contribution in [2.45, 2.75) is 12.6 Å². The molecule has 0 fully saturated rings. The number of carboxylic acids is 1. The summed E-state index contributed by atoms with van der Waals surface area (Å²) >= 11 is 5.74. The summed E-state index contributed by atoms with van der Waals surface area (Å²) < 4.78 is 1.28. The van der Waals surface area contributed by atoms with Gasteiger partial charge in [-0.3, -0.25) is 0 Å². The van der Waals surface area contributed by atoms with Crippen molar-refractivity contribution < 1.29 is 15.0 Å². The number of benzene rings is 1. The van der Waals surface area contributed by atoms with Crippen LogP contribution in [-0.4, -0.2) is 31.2 Å². The Kier molecular flexibility index (Phi) is 3.59. The van der Waals surface area contributed by atoms with Gasteiger partial charge in [0.15, 0.2) is 5.69 Å². The maximum atomic E-state index is 10.6. The molecule has 0 spiro atoms. The van der Waals surface area contributed by atoms with E-state index >= 15 is 0 Å². The van der Waals surface area contributed by atoms with E-state index < -0.39 is 12.1 Å². The van der Waals surface area contributed by atoms with Gasteiger partial charge in [0.2, 0.25) is 0 Å². The van der Waals surface area contributed by atoms with E-state index in [4.69, 9.17) is 16.7 Å². The van der Waals surface area contributed by atoms with Gasteiger partial charge in [0, 0.05) is 5.02 Å². The number of halogens is 1. The Morgan fingerprint density at radius 2 is 2.06 bits per heavy atom. The maximum Gasteiger partial charge on any atom is 0.358 e. The minimum atomic E-state index is -1.15. The maximum absolute atomic E-state index is 10.6. The minimum absolute atomic E-state index is 0.127. The number of hydrogen-bond acceptors (Lipinski definition) is 4. The summed E-state index contributed by atoms with van der Waals surface area (Å²) in [6.07, 6.45) is 0.465. The third-order valence-electron chi connectivity index (χ3n) is 2.37. The summed E-state index contributed by atoms with van der Waals surface area (Å²) in [7, 11) is 0. The first kappa shape index (κ1) is 12.5. The lowest BCUT2D eigenvalue weighted by Gasteiger charge is -2.10. The number of aliphatic hydroxyl groups is 1. The van der Waals surface area contributed by atoms with Crippen LogP contribution in [0.15, 0.2) is 30.5 Å². The van der Waals surface area contributed by atoms with Crippen LogP contribution in [0, 0.1) is 0 Å². The number of rotatable bonds is 4. The summed E-state index contributed by atoms with van der Waals surface area (Å²) in [6, 6.07) is 6.73. The van der Waals surface area contributed by atoms with Crippen molar-refractivity contribution in [3.8, 4) is 0 Å². The van der Waals surface area contributed by atoms with Crippen molar-refractivity contribution >= 4 is 17.6 Å². The Balaban J connectivity index is 2.08. The summed E-state index contributed by atoms with van der Waals surface area (Å²) in [4.78, 5) is 10.6. The van der Waals surface area contributed by atoms with E-state index in [1.54, 1.807) is 24.3 Å².